The van der Waals surface area contributed by atoms with Crippen LogP contribution in [0.25, 0.3) is 0 Å². The molecule has 1 aliphatic heterocycles. The van der Waals surface area contributed by atoms with Crippen LogP contribution >= 0.6 is 0 Å². The average Bonchev–Trinajstić information content (AvgIpc) is 2.47. The second kappa shape index (κ2) is 5.29. The van der Waals surface area contributed by atoms with Gasteiger partial charge in [0.2, 0.25) is 0 Å². The van der Waals surface area contributed by atoms with Gasteiger partial charge in [-0.3, -0.25) is 0 Å². The van der Waals surface area contributed by atoms with Gasteiger partial charge < -0.3 is 10.4 Å². The summed E-state index contributed by atoms with van der Waals surface area (Å²) < 4.78 is 0. The lowest BCUT2D eigenvalue weighted by atomic mass is 9.83. The number of aliphatic hydroxyl groups is 1. The predicted octanol–water partition coefficient (Wildman–Crippen LogP) is 3.41. The molecule has 0 spiro atoms. The smallest absolute Gasteiger partial charge is 0.0859 e. The normalized spacial score (nSPS) is 20.6. The van der Waals surface area contributed by atoms with Crippen LogP contribution in [0.1, 0.15) is 24.5 Å². The average molecular weight is 267 g/mol. The molecule has 0 aromatic heterocycles. The standard InChI is InChI=1S/C18H21NO/c1-18(20,13-14-7-3-2-4-8-14)17-12-11-15-9-5-6-10-16(15)19-17/h2-10,17,19-20H,11-13H2,1H3. The van der Waals surface area contributed by atoms with Gasteiger partial charge in [-0.2, -0.15) is 0 Å². The molecule has 2 aromatic rings. The fourth-order valence-electron chi connectivity index (χ4n) is 3.04. The number of hydrogen-bond donors (Lipinski definition) is 2. The monoisotopic (exact) mass is 267 g/mol. The van der Waals surface area contributed by atoms with Gasteiger partial charge >= 0.3 is 0 Å². The topological polar surface area (TPSA) is 32.3 Å². The zero-order chi connectivity index (χ0) is 14.0. The highest BCUT2D eigenvalue weighted by molar-refractivity contribution is 5.54. The summed E-state index contributed by atoms with van der Waals surface area (Å²) in [6, 6.07) is 18.7. The van der Waals surface area contributed by atoms with Crippen molar-refractivity contribution in [1.82, 2.24) is 0 Å². The number of fused-ring (bicyclic) bond motifs is 1. The van der Waals surface area contributed by atoms with E-state index in [1.54, 1.807) is 0 Å². The highest BCUT2D eigenvalue weighted by atomic mass is 16.3. The van der Waals surface area contributed by atoms with Crippen molar-refractivity contribution >= 4 is 5.69 Å². The summed E-state index contributed by atoms with van der Waals surface area (Å²) in [6.07, 6.45) is 2.67. The Hall–Kier alpha value is -1.80. The molecule has 0 bridgehead atoms. The zero-order valence-electron chi connectivity index (χ0n) is 11.8. The minimum atomic E-state index is -0.741. The molecule has 0 saturated heterocycles. The van der Waals surface area contributed by atoms with Crippen molar-refractivity contribution in [2.24, 2.45) is 0 Å². The van der Waals surface area contributed by atoms with Crippen molar-refractivity contribution in [2.45, 2.75) is 37.8 Å². The zero-order valence-corrected chi connectivity index (χ0v) is 11.8. The molecule has 2 heteroatoms. The third-order valence-corrected chi connectivity index (χ3v) is 4.20. The number of anilines is 1. The maximum absolute atomic E-state index is 10.9. The molecule has 1 heterocycles. The van der Waals surface area contributed by atoms with E-state index in [4.69, 9.17) is 0 Å². The number of para-hydroxylation sites is 1. The van der Waals surface area contributed by atoms with Gasteiger partial charge in [0.15, 0.2) is 0 Å². The van der Waals surface area contributed by atoms with Crippen LogP contribution in [0.2, 0.25) is 0 Å². The van der Waals surface area contributed by atoms with Gasteiger partial charge in [-0.05, 0) is 37.0 Å². The Balaban J connectivity index is 1.76. The minimum absolute atomic E-state index is 0.0950. The summed E-state index contributed by atoms with van der Waals surface area (Å²) in [5.41, 5.74) is 2.95. The van der Waals surface area contributed by atoms with Crippen LogP contribution in [0.3, 0.4) is 0 Å². The lowest BCUT2D eigenvalue weighted by molar-refractivity contribution is 0.0363. The number of benzene rings is 2. The molecular formula is C18H21NO. The lowest BCUT2D eigenvalue weighted by Gasteiger charge is -2.38. The molecule has 104 valence electrons. The summed E-state index contributed by atoms with van der Waals surface area (Å²) in [5, 5.41) is 14.4. The van der Waals surface area contributed by atoms with Gasteiger partial charge in [0.25, 0.3) is 0 Å². The molecular weight excluding hydrogens is 246 g/mol. The fourth-order valence-corrected chi connectivity index (χ4v) is 3.04. The number of rotatable bonds is 3. The Morgan fingerprint density at radius 2 is 1.80 bits per heavy atom. The third-order valence-electron chi connectivity index (χ3n) is 4.20. The summed E-state index contributed by atoms with van der Waals surface area (Å²) in [7, 11) is 0. The molecule has 2 unspecified atom stereocenters. The Morgan fingerprint density at radius 1 is 1.10 bits per heavy atom. The summed E-state index contributed by atoms with van der Waals surface area (Å²) in [6.45, 7) is 1.94. The van der Waals surface area contributed by atoms with Gasteiger partial charge in [-0.15, -0.1) is 0 Å². The van der Waals surface area contributed by atoms with Gasteiger partial charge in [0.05, 0.1) is 11.6 Å². The molecule has 0 fully saturated rings. The second-order valence-corrected chi connectivity index (χ2v) is 5.91. The molecule has 0 amide bonds. The van der Waals surface area contributed by atoms with E-state index >= 15 is 0 Å². The van der Waals surface area contributed by atoms with Crippen LogP contribution < -0.4 is 5.32 Å². The maximum atomic E-state index is 10.9. The van der Waals surface area contributed by atoms with Gasteiger partial charge in [-0.25, -0.2) is 0 Å². The number of hydrogen-bond acceptors (Lipinski definition) is 2. The quantitative estimate of drug-likeness (QED) is 0.893. The van der Waals surface area contributed by atoms with Crippen molar-refractivity contribution in [3.05, 3.63) is 65.7 Å². The van der Waals surface area contributed by atoms with Crippen molar-refractivity contribution < 1.29 is 5.11 Å². The van der Waals surface area contributed by atoms with Gasteiger partial charge in [0, 0.05) is 12.1 Å². The fraction of sp³-hybridized carbons (Fsp3) is 0.333. The summed E-state index contributed by atoms with van der Waals surface area (Å²) >= 11 is 0. The summed E-state index contributed by atoms with van der Waals surface area (Å²) in [4.78, 5) is 0. The van der Waals surface area contributed by atoms with Crippen LogP contribution in [-0.4, -0.2) is 16.7 Å². The van der Waals surface area contributed by atoms with Crippen LogP contribution in [0.5, 0.6) is 0 Å². The van der Waals surface area contributed by atoms with Gasteiger partial charge in [-0.1, -0.05) is 48.5 Å². The molecule has 2 atom stereocenters. The highest BCUT2D eigenvalue weighted by Gasteiger charge is 2.34. The van der Waals surface area contributed by atoms with Crippen molar-refractivity contribution in [2.75, 3.05) is 5.32 Å². The molecule has 2 aromatic carbocycles. The Labute approximate surface area is 120 Å². The van der Waals surface area contributed by atoms with E-state index in [0.29, 0.717) is 6.42 Å². The van der Waals surface area contributed by atoms with E-state index < -0.39 is 5.60 Å². The van der Waals surface area contributed by atoms with Crippen LogP contribution in [-0.2, 0) is 12.8 Å². The largest absolute Gasteiger partial charge is 0.388 e. The maximum Gasteiger partial charge on any atom is 0.0859 e. The molecule has 0 radical (unpaired) electrons. The molecule has 3 rings (SSSR count). The number of nitrogens with one attached hydrogen (secondary N) is 1. The molecule has 0 saturated carbocycles. The first-order valence-electron chi connectivity index (χ1n) is 7.26. The highest BCUT2D eigenvalue weighted by Crippen LogP contribution is 2.30. The van der Waals surface area contributed by atoms with E-state index in [2.05, 4.69) is 35.6 Å². The third kappa shape index (κ3) is 2.70. The van der Waals surface area contributed by atoms with Crippen LogP contribution in [0.4, 0.5) is 5.69 Å². The van der Waals surface area contributed by atoms with E-state index in [0.717, 1.165) is 18.5 Å². The second-order valence-electron chi connectivity index (χ2n) is 5.91. The van der Waals surface area contributed by atoms with E-state index in [-0.39, 0.29) is 6.04 Å². The first-order valence-corrected chi connectivity index (χ1v) is 7.26. The van der Waals surface area contributed by atoms with Gasteiger partial charge in [0.1, 0.15) is 0 Å². The Kier molecular flexibility index (Phi) is 3.49. The predicted molar refractivity (Wildman–Crippen MR) is 82.9 cm³/mol. The molecule has 2 nitrogen and oxygen atoms in total. The van der Waals surface area contributed by atoms with E-state index in [9.17, 15) is 5.11 Å². The first-order chi connectivity index (χ1) is 9.65. The van der Waals surface area contributed by atoms with E-state index in [1.807, 2.05) is 31.2 Å². The van der Waals surface area contributed by atoms with Crippen molar-refractivity contribution in [1.29, 1.82) is 0 Å². The Morgan fingerprint density at radius 3 is 2.60 bits per heavy atom. The SMILES string of the molecule is CC(O)(Cc1ccccc1)C1CCc2ccccc2N1. The first kappa shape index (κ1) is 13.2. The lowest BCUT2D eigenvalue weighted by Crippen LogP contribution is -2.48. The molecule has 2 N–H and O–H groups in total. The minimum Gasteiger partial charge on any atom is -0.388 e. The summed E-state index contributed by atoms with van der Waals surface area (Å²) in [5.74, 6) is 0. The number of aryl methyl sites for hydroxylation is 1. The van der Waals surface area contributed by atoms with Crippen LogP contribution in [0.15, 0.2) is 54.6 Å². The van der Waals surface area contributed by atoms with Crippen LogP contribution in [0, 0.1) is 0 Å². The molecule has 1 aliphatic rings. The molecule has 20 heavy (non-hydrogen) atoms. The van der Waals surface area contributed by atoms with E-state index in [1.165, 1.54) is 11.1 Å². The molecule has 0 aliphatic carbocycles. The van der Waals surface area contributed by atoms with Crippen molar-refractivity contribution in [3.63, 3.8) is 0 Å². The Bertz CT molecular complexity index is 577. The van der Waals surface area contributed by atoms with Crippen molar-refractivity contribution in [3.8, 4) is 0 Å².